The average molecular weight is 214 g/mol. The van der Waals surface area contributed by atoms with E-state index in [0.29, 0.717) is 0 Å². The van der Waals surface area contributed by atoms with Crippen molar-refractivity contribution in [3.05, 3.63) is 66.0 Å². The van der Waals surface area contributed by atoms with Gasteiger partial charge in [0.25, 0.3) is 0 Å². The van der Waals surface area contributed by atoms with Gasteiger partial charge in [0, 0.05) is 0 Å². The van der Waals surface area contributed by atoms with E-state index in [9.17, 15) is 0 Å². The quantitative estimate of drug-likeness (QED) is 0.541. The highest BCUT2D eigenvalue weighted by molar-refractivity contribution is 5.72. The normalized spacial score (nSPS) is 11.8. The smallest absolute Gasteiger partial charge is 0.114 e. The molecule has 1 aromatic rings. The molecular formula is C15H18O. The first-order valence-electron chi connectivity index (χ1n) is 5.31. The first kappa shape index (κ1) is 12.3. The minimum atomic E-state index is 0.841. The van der Waals surface area contributed by atoms with Crippen LogP contribution in [0.4, 0.5) is 0 Å². The number of aryl methyl sites for hydroxylation is 1. The predicted molar refractivity (Wildman–Crippen MR) is 70.1 cm³/mol. The summed E-state index contributed by atoms with van der Waals surface area (Å²) in [7, 11) is 1.66. The molecule has 0 N–H and O–H groups in total. The lowest BCUT2D eigenvalue weighted by Crippen LogP contribution is -1.82. The van der Waals surface area contributed by atoms with Gasteiger partial charge in [-0.05, 0) is 37.1 Å². The van der Waals surface area contributed by atoms with Crippen LogP contribution in [0.2, 0.25) is 0 Å². The molecule has 1 rings (SSSR count). The first-order valence-corrected chi connectivity index (χ1v) is 5.31. The van der Waals surface area contributed by atoms with Crippen molar-refractivity contribution in [2.45, 2.75) is 13.8 Å². The molecule has 0 atom stereocenters. The second kappa shape index (κ2) is 5.96. The molecular weight excluding hydrogens is 196 g/mol. The van der Waals surface area contributed by atoms with Crippen molar-refractivity contribution >= 4 is 5.57 Å². The van der Waals surface area contributed by atoms with Crippen LogP contribution in [0.25, 0.3) is 5.57 Å². The van der Waals surface area contributed by atoms with Gasteiger partial charge >= 0.3 is 0 Å². The summed E-state index contributed by atoms with van der Waals surface area (Å²) in [5, 5.41) is 0. The maximum Gasteiger partial charge on any atom is 0.114 e. The van der Waals surface area contributed by atoms with E-state index in [4.69, 9.17) is 4.74 Å². The summed E-state index contributed by atoms with van der Waals surface area (Å²) in [5.41, 5.74) is 3.37. The van der Waals surface area contributed by atoms with Gasteiger partial charge in [0.1, 0.15) is 5.76 Å². The lowest BCUT2D eigenvalue weighted by Gasteiger charge is -2.02. The van der Waals surface area contributed by atoms with E-state index in [0.717, 1.165) is 16.9 Å². The van der Waals surface area contributed by atoms with Crippen LogP contribution in [0.5, 0.6) is 0 Å². The van der Waals surface area contributed by atoms with Crippen molar-refractivity contribution in [1.29, 1.82) is 0 Å². The SMILES string of the molecule is C=C(C=CC(=CC)OC)c1ccc(C)cc1. The van der Waals surface area contributed by atoms with Crippen molar-refractivity contribution < 1.29 is 4.74 Å². The minimum absolute atomic E-state index is 0.841. The van der Waals surface area contributed by atoms with Crippen molar-refractivity contribution in [1.82, 2.24) is 0 Å². The maximum atomic E-state index is 5.14. The molecule has 0 aliphatic carbocycles. The van der Waals surface area contributed by atoms with Gasteiger partial charge in [-0.15, -0.1) is 0 Å². The summed E-state index contributed by atoms with van der Waals surface area (Å²) in [4.78, 5) is 0. The molecule has 0 saturated carbocycles. The standard InChI is InChI=1S/C15H18O/c1-5-15(16-4)11-8-13(3)14-9-6-12(2)7-10-14/h5-11H,3H2,1-2,4H3. The molecule has 0 aliphatic heterocycles. The van der Waals surface area contributed by atoms with Gasteiger partial charge in [-0.1, -0.05) is 42.5 Å². The Bertz CT molecular complexity index is 408. The number of rotatable bonds is 4. The van der Waals surface area contributed by atoms with Gasteiger partial charge in [0.05, 0.1) is 7.11 Å². The third-order valence-electron chi connectivity index (χ3n) is 2.39. The van der Waals surface area contributed by atoms with Crippen LogP contribution in [0, 0.1) is 6.92 Å². The molecule has 1 aromatic carbocycles. The van der Waals surface area contributed by atoms with Crippen molar-refractivity contribution in [2.75, 3.05) is 7.11 Å². The minimum Gasteiger partial charge on any atom is -0.497 e. The Hall–Kier alpha value is -1.76. The third-order valence-corrected chi connectivity index (χ3v) is 2.39. The number of allylic oxidation sites excluding steroid dienone is 4. The predicted octanol–water partition coefficient (Wildman–Crippen LogP) is 4.11. The first-order chi connectivity index (χ1) is 7.67. The van der Waals surface area contributed by atoms with E-state index in [1.165, 1.54) is 5.56 Å². The topological polar surface area (TPSA) is 9.23 Å². The van der Waals surface area contributed by atoms with Gasteiger partial charge in [-0.3, -0.25) is 0 Å². The zero-order chi connectivity index (χ0) is 12.0. The van der Waals surface area contributed by atoms with E-state index in [1.54, 1.807) is 7.11 Å². The Morgan fingerprint density at radius 2 is 1.81 bits per heavy atom. The molecule has 0 bridgehead atoms. The molecule has 0 heterocycles. The maximum absolute atomic E-state index is 5.14. The fraction of sp³-hybridized carbons (Fsp3) is 0.200. The number of hydrogen-bond acceptors (Lipinski definition) is 1. The van der Waals surface area contributed by atoms with E-state index < -0.39 is 0 Å². The van der Waals surface area contributed by atoms with E-state index >= 15 is 0 Å². The third kappa shape index (κ3) is 3.43. The molecule has 84 valence electrons. The second-order valence-electron chi connectivity index (χ2n) is 3.62. The monoisotopic (exact) mass is 214 g/mol. The van der Waals surface area contributed by atoms with Crippen LogP contribution in [0.15, 0.2) is 54.8 Å². The fourth-order valence-electron chi connectivity index (χ4n) is 1.33. The largest absolute Gasteiger partial charge is 0.497 e. The van der Waals surface area contributed by atoms with Gasteiger partial charge in [0.2, 0.25) is 0 Å². The molecule has 0 radical (unpaired) electrons. The number of benzene rings is 1. The second-order valence-corrected chi connectivity index (χ2v) is 3.62. The summed E-state index contributed by atoms with van der Waals surface area (Å²) in [6, 6.07) is 8.32. The Morgan fingerprint density at radius 1 is 1.19 bits per heavy atom. The molecule has 0 amide bonds. The molecule has 0 aromatic heterocycles. The Balaban J connectivity index is 2.76. The molecule has 1 heteroatoms. The molecule has 0 unspecified atom stereocenters. The molecule has 1 nitrogen and oxygen atoms in total. The zero-order valence-electron chi connectivity index (χ0n) is 10.2. The van der Waals surface area contributed by atoms with Crippen LogP contribution in [0.1, 0.15) is 18.1 Å². The van der Waals surface area contributed by atoms with Crippen LogP contribution < -0.4 is 0 Å². The van der Waals surface area contributed by atoms with Gasteiger partial charge in [-0.2, -0.15) is 0 Å². The average Bonchev–Trinajstić information content (AvgIpc) is 2.31. The highest BCUT2D eigenvalue weighted by atomic mass is 16.5. The molecule has 16 heavy (non-hydrogen) atoms. The summed E-state index contributed by atoms with van der Waals surface area (Å²) >= 11 is 0. The van der Waals surface area contributed by atoms with Crippen LogP contribution in [-0.2, 0) is 4.74 Å². The van der Waals surface area contributed by atoms with Crippen LogP contribution in [-0.4, -0.2) is 7.11 Å². The Morgan fingerprint density at radius 3 is 2.31 bits per heavy atom. The molecule has 0 fully saturated rings. The highest BCUT2D eigenvalue weighted by Crippen LogP contribution is 2.15. The van der Waals surface area contributed by atoms with Crippen molar-refractivity contribution in [3.63, 3.8) is 0 Å². The lowest BCUT2D eigenvalue weighted by molar-refractivity contribution is 0.306. The number of methoxy groups -OCH3 is 1. The highest BCUT2D eigenvalue weighted by Gasteiger charge is 1.94. The van der Waals surface area contributed by atoms with Gasteiger partial charge in [-0.25, -0.2) is 0 Å². The molecule has 0 spiro atoms. The van der Waals surface area contributed by atoms with Crippen LogP contribution >= 0.6 is 0 Å². The van der Waals surface area contributed by atoms with Crippen molar-refractivity contribution in [2.24, 2.45) is 0 Å². The zero-order valence-corrected chi connectivity index (χ0v) is 10.2. The van der Waals surface area contributed by atoms with Gasteiger partial charge in [0.15, 0.2) is 0 Å². The summed E-state index contributed by atoms with van der Waals surface area (Å²) < 4.78 is 5.14. The Kier molecular flexibility index (Phi) is 4.59. The summed E-state index contributed by atoms with van der Waals surface area (Å²) in [6.45, 7) is 8.04. The number of hydrogen-bond donors (Lipinski definition) is 0. The van der Waals surface area contributed by atoms with Crippen LogP contribution in [0.3, 0.4) is 0 Å². The summed E-state index contributed by atoms with van der Waals surface area (Å²) in [6.07, 6.45) is 5.80. The molecule has 0 aliphatic rings. The van der Waals surface area contributed by atoms with Gasteiger partial charge < -0.3 is 4.74 Å². The van der Waals surface area contributed by atoms with E-state index in [2.05, 4.69) is 37.8 Å². The number of ether oxygens (including phenoxy) is 1. The van der Waals surface area contributed by atoms with E-state index in [1.807, 2.05) is 25.2 Å². The fourth-order valence-corrected chi connectivity index (χ4v) is 1.33. The lowest BCUT2D eigenvalue weighted by atomic mass is 10.1. The van der Waals surface area contributed by atoms with Crippen molar-refractivity contribution in [3.8, 4) is 0 Å². The Labute approximate surface area is 97.8 Å². The summed E-state index contributed by atoms with van der Waals surface area (Å²) in [5.74, 6) is 0.841. The van der Waals surface area contributed by atoms with E-state index in [-0.39, 0.29) is 0 Å². The molecule has 0 saturated heterocycles.